The first-order chi connectivity index (χ1) is 4.00. The van der Waals surface area contributed by atoms with Gasteiger partial charge >= 0.3 is 34.7 Å². The summed E-state index contributed by atoms with van der Waals surface area (Å²) in [6.07, 6.45) is 0. The van der Waals surface area contributed by atoms with Gasteiger partial charge in [-0.15, -0.1) is 0 Å². The van der Waals surface area contributed by atoms with Gasteiger partial charge in [-0.3, -0.25) is 0 Å². The average molecular weight is 358 g/mol. The van der Waals surface area contributed by atoms with Gasteiger partial charge in [0.2, 0.25) is 0 Å². The number of hydrogen-bond donors (Lipinski definition) is 0. The molecule has 2 radical (unpaired) electrons. The maximum atomic E-state index is 8.55. The van der Waals surface area contributed by atoms with Gasteiger partial charge in [0.1, 0.15) is 0 Å². The number of hydrogen-bond acceptors (Lipinski definition) is 8. The van der Waals surface area contributed by atoms with Crippen LogP contribution in [0.1, 0.15) is 0 Å². The molecule has 0 rings (SSSR count). The van der Waals surface area contributed by atoms with Crippen LogP contribution in [0.25, 0.3) is 0 Å². The Morgan fingerprint density at radius 2 is 0.692 bits per heavy atom. The van der Waals surface area contributed by atoms with E-state index in [9.17, 15) is 0 Å². The van der Waals surface area contributed by atoms with E-state index in [1.165, 1.54) is 0 Å². The van der Waals surface area contributed by atoms with Crippen LogP contribution < -0.4 is 29.4 Å². The van der Waals surface area contributed by atoms with Crippen LogP contribution in [-0.2, 0) is 59.2 Å². The molecule has 0 aromatic heterocycles. The van der Waals surface area contributed by atoms with Crippen molar-refractivity contribution in [1.82, 2.24) is 0 Å². The molecule has 13 heteroatoms. The normalized spacial score (nSPS) is 9.08. The number of rotatable bonds is 0. The first-order valence-electron chi connectivity index (χ1n) is 1.46. The van der Waals surface area contributed by atoms with Gasteiger partial charge in [0, 0.05) is 32.7 Å². The maximum Gasteiger partial charge on any atom is 3.00 e. The third-order valence-electron chi connectivity index (χ3n) is 0. The van der Waals surface area contributed by atoms with E-state index in [4.69, 9.17) is 38.5 Å². The Bertz CT molecular complexity index is 134. The van der Waals surface area contributed by atoms with E-state index >= 15 is 0 Å². The van der Waals surface area contributed by atoms with Crippen LogP contribution in [0, 0.1) is 0 Å². The molecule has 0 saturated heterocycles. The van der Waals surface area contributed by atoms with Gasteiger partial charge in [-0.05, 0) is 0 Å². The molecule has 0 bridgehead atoms. The minimum atomic E-state index is -5.39. The summed E-state index contributed by atoms with van der Waals surface area (Å²) in [6, 6.07) is 0. The molecule has 0 aliphatic rings. The fourth-order valence-electron chi connectivity index (χ4n) is 0. The molecular formula is AlCrO8P2Y. The van der Waals surface area contributed by atoms with Crippen LogP contribution in [0.5, 0.6) is 0 Å². The van der Waals surface area contributed by atoms with E-state index in [1.807, 2.05) is 0 Å². The molecule has 8 nitrogen and oxygen atoms in total. The number of phosphoric acid groups is 2. The molecule has 0 amide bonds. The van der Waals surface area contributed by atoms with Crippen LogP contribution >= 0.6 is 15.6 Å². The van der Waals surface area contributed by atoms with E-state index in [1.54, 1.807) is 0 Å². The standard InChI is InChI=1S/Al.Cr.2H3O4P.Y/c;;2*1-5(2,3)4;/h;;2*(H3,1,2,3,4);/q2*+3;;;/p-6. The van der Waals surface area contributed by atoms with Crippen molar-refractivity contribution in [2.75, 3.05) is 0 Å². The first-order valence-corrected chi connectivity index (χ1v) is 4.38. The van der Waals surface area contributed by atoms with Gasteiger partial charge in [0.05, 0.1) is 0 Å². The SMILES string of the molecule is O=P([O-])([O-])[O-].O=P([O-])([O-])[O-].[Al+3].[Cr+3].[Y]. The van der Waals surface area contributed by atoms with Crippen LogP contribution in [0.2, 0.25) is 0 Å². The summed E-state index contributed by atoms with van der Waals surface area (Å²) in [5, 5.41) is 0. The van der Waals surface area contributed by atoms with E-state index in [-0.39, 0.29) is 67.4 Å². The van der Waals surface area contributed by atoms with Crippen LogP contribution in [0.3, 0.4) is 0 Å². The summed E-state index contributed by atoms with van der Waals surface area (Å²) in [5.74, 6) is 0. The molecule has 70 valence electrons. The van der Waals surface area contributed by atoms with Gasteiger partial charge in [-0.1, -0.05) is 0 Å². The van der Waals surface area contributed by atoms with Crippen LogP contribution in [0.15, 0.2) is 0 Å². The predicted molar refractivity (Wildman–Crippen MR) is 21.0 cm³/mol. The van der Waals surface area contributed by atoms with Gasteiger partial charge in [-0.2, -0.15) is 15.6 Å². The Morgan fingerprint density at radius 3 is 0.692 bits per heavy atom. The van der Waals surface area contributed by atoms with Crippen molar-refractivity contribution in [2.45, 2.75) is 0 Å². The Kier molecular flexibility index (Phi) is 28.3. The summed E-state index contributed by atoms with van der Waals surface area (Å²) < 4.78 is 17.1. The second kappa shape index (κ2) is 12.5. The molecule has 0 heterocycles. The van der Waals surface area contributed by atoms with Crippen LogP contribution in [0.4, 0.5) is 0 Å². The third kappa shape index (κ3) is 387. The second-order valence-corrected chi connectivity index (χ2v) is 2.68. The van der Waals surface area contributed by atoms with E-state index < -0.39 is 15.6 Å². The van der Waals surface area contributed by atoms with Gasteiger partial charge in [-0.25, -0.2) is 0 Å². The Hall–Kier alpha value is 2.39. The van der Waals surface area contributed by atoms with Crippen LogP contribution in [-0.4, -0.2) is 17.4 Å². The van der Waals surface area contributed by atoms with Gasteiger partial charge in [0.25, 0.3) is 0 Å². The quantitative estimate of drug-likeness (QED) is 0.304. The Balaban J connectivity index is -0.0000000267. The minimum absolute atomic E-state index is 0. The zero-order valence-corrected chi connectivity index (χ0v) is 12.8. The fraction of sp³-hybridized carbons (Fsp3) is 0. The molecule has 0 saturated carbocycles. The van der Waals surface area contributed by atoms with Gasteiger partial charge < -0.3 is 38.5 Å². The van der Waals surface area contributed by atoms with Crippen molar-refractivity contribution in [3.8, 4) is 0 Å². The molecule has 0 aromatic rings. The summed E-state index contributed by atoms with van der Waals surface area (Å²) in [6.45, 7) is 0. The van der Waals surface area contributed by atoms with Crippen molar-refractivity contribution in [3.63, 3.8) is 0 Å². The third-order valence-corrected chi connectivity index (χ3v) is 0. The van der Waals surface area contributed by atoms with Crippen molar-refractivity contribution < 1.29 is 88.6 Å². The zero-order chi connectivity index (χ0) is 9.00. The largest absolute Gasteiger partial charge is 3.00 e. The predicted octanol–water partition coefficient (Wildman–Crippen LogP) is -6.04. The van der Waals surface area contributed by atoms with Crippen molar-refractivity contribution in [2.24, 2.45) is 0 Å². The molecule has 0 fully saturated rings. The zero-order valence-electron chi connectivity index (χ0n) is 5.72. The maximum absolute atomic E-state index is 8.55. The smallest absolute Gasteiger partial charge is 0.822 e. The van der Waals surface area contributed by atoms with Gasteiger partial charge in [0.15, 0.2) is 0 Å². The summed E-state index contributed by atoms with van der Waals surface area (Å²) in [7, 11) is -10.8. The second-order valence-electron chi connectivity index (χ2n) is 0.894. The summed E-state index contributed by atoms with van der Waals surface area (Å²) >= 11 is 0. The topological polar surface area (TPSA) is 172 Å². The summed E-state index contributed by atoms with van der Waals surface area (Å²) in [4.78, 5) is 51.3. The molecule has 0 aliphatic heterocycles. The monoisotopic (exact) mass is 358 g/mol. The fourth-order valence-corrected chi connectivity index (χ4v) is 0. The van der Waals surface area contributed by atoms with Crippen molar-refractivity contribution >= 4 is 33.0 Å². The molecule has 0 aromatic carbocycles. The molecule has 0 spiro atoms. The Morgan fingerprint density at radius 1 is 0.692 bits per heavy atom. The average Bonchev–Trinajstić information content (AvgIpc) is 1.12. The van der Waals surface area contributed by atoms with Crippen molar-refractivity contribution in [3.05, 3.63) is 0 Å². The first kappa shape index (κ1) is 29.5. The van der Waals surface area contributed by atoms with Crippen molar-refractivity contribution in [1.29, 1.82) is 0 Å². The molecule has 13 heavy (non-hydrogen) atoms. The van der Waals surface area contributed by atoms with E-state index in [0.717, 1.165) is 0 Å². The Labute approximate surface area is 120 Å². The minimum Gasteiger partial charge on any atom is -0.822 e. The summed E-state index contributed by atoms with van der Waals surface area (Å²) in [5.41, 5.74) is 0. The molecule has 0 atom stereocenters. The van der Waals surface area contributed by atoms with E-state index in [0.29, 0.717) is 0 Å². The molecule has 0 unspecified atom stereocenters. The molecule has 0 N–H and O–H groups in total. The molecular weight excluding hydrogens is 358 g/mol. The van der Waals surface area contributed by atoms with E-state index in [2.05, 4.69) is 0 Å². The molecule has 0 aliphatic carbocycles.